The van der Waals surface area contributed by atoms with Crippen LogP contribution in [0.1, 0.15) is 48.9 Å². The van der Waals surface area contributed by atoms with Gasteiger partial charge in [0.05, 0.1) is 28.6 Å². The number of carbonyl (C=O) groups is 3. The van der Waals surface area contributed by atoms with Crippen molar-refractivity contribution < 1.29 is 33.4 Å². The predicted molar refractivity (Wildman–Crippen MR) is 133 cm³/mol. The van der Waals surface area contributed by atoms with Crippen molar-refractivity contribution in [3.63, 3.8) is 0 Å². The van der Waals surface area contributed by atoms with Crippen LogP contribution < -0.4 is 20.1 Å². The van der Waals surface area contributed by atoms with Crippen LogP contribution in [0, 0.1) is 5.82 Å². The molecule has 2 bridgehead atoms. The van der Waals surface area contributed by atoms with E-state index in [0.29, 0.717) is 42.0 Å². The molecule has 1 aliphatic heterocycles. The molecule has 0 saturated heterocycles. The highest BCUT2D eigenvalue weighted by atomic mass is 35.5. The molecule has 2 amide bonds. The Morgan fingerprint density at radius 3 is 2.57 bits per heavy atom. The van der Waals surface area contributed by atoms with Crippen LogP contribution in [-0.2, 0) is 9.59 Å². The maximum atomic E-state index is 13.6. The maximum absolute atomic E-state index is 13.6. The molecule has 0 aromatic heterocycles. The van der Waals surface area contributed by atoms with Crippen LogP contribution in [-0.4, -0.2) is 52.6 Å². The first-order valence-corrected chi connectivity index (χ1v) is 12.7. The van der Waals surface area contributed by atoms with E-state index in [4.69, 9.17) is 32.7 Å². The number of ether oxygens (including phenoxy) is 2. The smallest absolute Gasteiger partial charge is 0.261 e. The lowest BCUT2D eigenvalue weighted by molar-refractivity contribution is -0.139. The summed E-state index contributed by atoms with van der Waals surface area (Å²) in [4.78, 5) is 38.2. The number of aliphatic hydroxyl groups excluding tert-OH is 1. The molecule has 0 radical (unpaired) electrons. The van der Waals surface area contributed by atoms with Crippen molar-refractivity contribution in [3.8, 4) is 11.5 Å². The van der Waals surface area contributed by atoms with E-state index in [1.54, 1.807) is 12.1 Å². The molecule has 1 heterocycles. The Morgan fingerprint density at radius 2 is 1.86 bits per heavy atom. The molecule has 196 valence electrons. The van der Waals surface area contributed by atoms with Gasteiger partial charge in [-0.25, -0.2) is 4.39 Å². The zero-order valence-corrected chi connectivity index (χ0v) is 21.2. The second-order valence-corrected chi connectivity index (χ2v) is 10.8. The van der Waals surface area contributed by atoms with E-state index in [9.17, 15) is 23.9 Å². The number of halogens is 3. The van der Waals surface area contributed by atoms with Crippen LogP contribution in [0.2, 0.25) is 10.0 Å². The normalized spacial score (nSPS) is 28.2. The Bertz CT molecular complexity index is 1260. The lowest BCUT2D eigenvalue weighted by atomic mass is 9.59. The van der Waals surface area contributed by atoms with E-state index in [-0.39, 0.29) is 36.0 Å². The second-order valence-electron chi connectivity index (χ2n) is 9.93. The van der Waals surface area contributed by atoms with Crippen LogP contribution in [0.5, 0.6) is 11.5 Å². The molecular weight excluding hydrogens is 526 g/mol. The number of fused-ring (bicyclic) bond motifs is 4. The van der Waals surface area contributed by atoms with E-state index in [2.05, 4.69) is 10.6 Å². The summed E-state index contributed by atoms with van der Waals surface area (Å²) in [5, 5.41) is 17.3. The number of nitrogens with one attached hydrogen (secondary N) is 2. The van der Waals surface area contributed by atoms with E-state index in [0.717, 1.165) is 6.07 Å². The molecule has 2 atom stereocenters. The highest BCUT2D eigenvalue weighted by molar-refractivity contribution is 6.31. The molecule has 2 aromatic rings. The summed E-state index contributed by atoms with van der Waals surface area (Å²) in [6.45, 7) is -0.350. The Kier molecular flexibility index (Phi) is 6.81. The highest BCUT2D eigenvalue weighted by Crippen LogP contribution is 2.47. The number of carbonyl (C=O) groups excluding carboxylic acids is 3. The molecule has 1 unspecified atom stereocenters. The van der Waals surface area contributed by atoms with E-state index in [1.807, 2.05) is 0 Å². The molecule has 37 heavy (non-hydrogen) atoms. The van der Waals surface area contributed by atoms with Crippen LogP contribution in [0.3, 0.4) is 0 Å². The van der Waals surface area contributed by atoms with Gasteiger partial charge in [0.15, 0.2) is 18.5 Å². The summed E-state index contributed by atoms with van der Waals surface area (Å²) in [6.07, 6.45) is 0.228. The number of benzene rings is 2. The molecule has 3 saturated carbocycles. The number of rotatable bonds is 6. The van der Waals surface area contributed by atoms with Gasteiger partial charge in [-0.05, 0) is 62.4 Å². The van der Waals surface area contributed by atoms with Gasteiger partial charge in [-0.3, -0.25) is 14.4 Å². The topological polar surface area (TPSA) is 114 Å². The summed E-state index contributed by atoms with van der Waals surface area (Å²) in [5.74, 6) is -1.25. The average molecular weight is 551 g/mol. The lowest BCUT2D eigenvalue weighted by Crippen LogP contribution is -2.71. The number of Topliss-reactive ketones (excluding diaryl/α,β-unsaturated/α-hetero) is 1. The summed E-state index contributed by atoms with van der Waals surface area (Å²) in [7, 11) is 0. The van der Waals surface area contributed by atoms with Crippen molar-refractivity contribution in [2.24, 2.45) is 0 Å². The first kappa shape index (κ1) is 25.8. The summed E-state index contributed by atoms with van der Waals surface area (Å²) >= 11 is 11.6. The fourth-order valence-electron chi connectivity index (χ4n) is 5.48. The molecule has 8 nitrogen and oxygen atoms in total. The Morgan fingerprint density at radius 1 is 1.11 bits per heavy atom. The Labute approximate surface area is 222 Å². The van der Waals surface area contributed by atoms with Crippen LogP contribution in [0.15, 0.2) is 36.4 Å². The minimum Gasteiger partial charge on any atom is -0.484 e. The van der Waals surface area contributed by atoms with Gasteiger partial charge in [0.25, 0.3) is 11.8 Å². The van der Waals surface area contributed by atoms with Gasteiger partial charge in [-0.15, -0.1) is 0 Å². The summed E-state index contributed by atoms with van der Waals surface area (Å²) in [6, 6.07) is 8.59. The predicted octanol–water partition coefficient (Wildman–Crippen LogP) is 3.59. The largest absolute Gasteiger partial charge is 0.484 e. The third-order valence-electron chi connectivity index (χ3n) is 7.53. The van der Waals surface area contributed by atoms with Gasteiger partial charge in [0.1, 0.15) is 17.3 Å². The number of hydrogen-bond acceptors (Lipinski definition) is 6. The van der Waals surface area contributed by atoms with E-state index < -0.39 is 40.9 Å². The van der Waals surface area contributed by atoms with Gasteiger partial charge in [-0.1, -0.05) is 23.2 Å². The number of hydrogen-bond donors (Lipinski definition) is 3. The SMILES string of the molecule is O=C(COc1ccc(Cl)c(F)c1)NC12CCC(NC(=O)C3CC(=O)c4cc(Cl)ccc4O3)(CC1)C[C@H]2O. The fourth-order valence-corrected chi connectivity index (χ4v) is 5.76. The third kappa shape index (κ3) is 5.12. The Balaban J connectivity index is 1.17. The Hall–Kier alpha value is -2.88. The number of aliphatic hydroxyl groups is 1. The van der Waals surface area contributed by atoms with Gasteiger partial charge in [0, 0.05) is 16.6 Å². The minimum atomic E-state index is -0.976. The molecule has 3 aliphatic carbocycles. The molecule has 2 aromatic carbocycles. The van der Waals surface area contributed by atoms with Gasteiger partial charge in [0.2, 0.25) is 0 Å². The van der Waals surface area contributed by atoms with Gasteiger partial charge in [-0.2, -0.15) is 0 Å². The fraction of sp³-hybridized carbons (Fsp3) is 0.423. The van der Waals surface area contributed by atoms with Crippen LogP contribution in [0.25, 0.3) is 0 Å². The van der Waals surface area contributed by atoms with Crippen molar-refractivity contribution >= 4 is 40.8 Å². The highest BCUT2D eigenvalue weighted by Gasteiger charge is 2.55. The first-order chi connectivity index (χ1) is 17.6. The molecule has 3 N–H and O–H groups in total. The molecule has 6 rings (SSSR count). The molecule has 4 aliphatic rings. The van der Waals surface area contributed by atoms with Crippen molar-refractivity contribution in [2.75, 3.05) is 6.61 Å². The quantitative estimate of drug-likeness (QED) is 0.506. The number of amides is 2. The first-order valence-electron chi connectivity index (χ1n) is 12.0. The van der Waals surface area contributed by atoms with Crippen LogP contribution in [0.4, 0.5) is 4.39 Å². The molecule has 0 spiro atoms. The van der Waals surface area contributed by atoms with Crippen LogP contribution >= 0.6 is 23.2 Å². The number of ketones is 1. The molecule has 3 fully saturated rings. The monoisotopic (exact) mass is 550 g/mol. The zero-order valence-electron chi connectivity index (χ0n) is 19.7. The van der Waals surface area contributed by atoms with Gasteiger partial charge < -0.3 is 25.2 Å². The molecule has 11 heteroatoms. The summed E-state index contributed by atoms with van der Waals surface area (Å²) < 4.78 is 24.7. The summed E-state index contributed by atoms with van der Waals surface area (Å²) in [5.41, 5.74) is -1.15. The minimum absolute atomic E-state index is 0.0461. The van der Waals surface area contributed by atoms with E-state index >= 15 is 0 Å². The van der Waals surface area contributed by atoms with Gasteiger partial charge >= 0.3 is 0 Å². The lowest BCUT2D eigenvalue weighted by Gasteiger charge is -2.56. The van der Waals surface area contributed by atoms with Crippen molar-refractivity contribution in [1.29, 1.82) is 0 Å². The van der Waals surface area contributed by atoms with Crippen molar-refractivity contribution in [1.82, 2.24) is 10.6 Å². The average Bonchev–Trinajstić information content (AvgIpc) is 2.86. The second kappa shape index (κ2) is 9.78. The van der Waals surface area contributed by atoms with E-state index in [1.165, 1.54) is 18.2 Å². The molecular formula is C26H25Cl2FN2O6. The third-order valence-corrected chi connectivity index (χ3v) is 8.08. The standard InChI is InChI=1S/C26H25Cl2FN2O6/c27-14-1-4-20-16(9-14)19(32)11-21(37-20)24(35)31-25-5-7-26(8-6-25,22(33)12-25)30-23(34)13-36-15-2-3-17(28)18(29)10-15/h1-4,9-10,21-22,33H,5-8,11-13H2,(H,30,34)(H,31,35)/t21?,22-,25?,26?/m1/s1. The van der Waals surface area contributed by atoms with Crippen molar-refractivity contribution in [2.45, 2.75) is 61.8 Å². The maximum Gasteiger partial charge on any atom is 0.261 e. The zero-order chi connectivity index (χ0) is 26.4. The van der Waals surface area contributed by atoms with Crippen molar-refractivity contribution in [3.05, 3.63) is 57.8 Å².